The van der Waals surface area contributed by atoms with E-state index in [1.54, 1.807) is 11.8 Å². The Morgan fingerprint density at radius 1 is 1.20 bits per heavy atom. The summed E-state index contributed by atoms with van der Waals surface area (Å²) in [6.45, 7) is 5.63. The lowest BCUT2D eigenvalue weighted by molar-refractivity contribution is 0.299. The average Bonchev–Trinajstić information content (AvgIpc) is 3.12. The Labute approximate surface area is 190 Å². The lowest BCUT2D eigenvalue weighted by Gasteiger charge is -2.21. The summed E-state index contributed by atoms with van der Waals surface area (Å²) in [7, 11) is 2.04. The van der Waals surface area contributed by atoms with Crippen LogP contribution in [0.25, 0.3) is 11.4 Å². The highest BCUT2D eigenvalue weighted by molar-refractivity contribution is 9.10. The van der Waals surface area contributed by atoms with Gasteiger partial charge in [-0.3, -0.25) is 4.98 Å². The van der Waals surface area contributed by atoms with E-state index in [1.807, 2.05) is 26.2 Å². The van der Waals surface area contributed by atoms with E-state index in [0.29, 0.717) is 5.41 Å². The molecule has 1 aromatic carbocycles. The molecule has 1 aliphatic carbocycles. The van der Waals surface area contributed by atoms with Crippen LogP contribution in [-0.4, -0.2) is 50.0 Å². The number of likely N-dealkylation sites (tertiary alicyclic amines) is 1. The molecule has 0 N–H and O–H groups in total. The molecule has 1 aliphatic heterocycles. The first kappa shape index (κ1) is 20.2. The lowest BCUT2D eigenvalue weighted by atomic mass is 9.95. The summed E-state index contributed by atoms with van der Waals surface area (Å²) in [5.74, 6) is 2.79. The lowest BCUT2D eigenvalue weighted by Crippen LogP contribution is -2.27. The van der Waals surface area contributed by atoms with Crippen LogP contribution < -0.4 is 0 Å². The van der Waals surface area contributed by atoms with Gasteiger partial charge in [-0.05, 0) is 62.1 Å². The van der Waals surface area contributed by atoms with Crippen LogP contribution in [0.2, 0.25) is 0 Å². The topological polar surface area (TPSA) is 46.8 Å². The third-order valence-corrected chi connectivity index (χ3v) is 8.20. The maximum atomic E-state index is 4.41. The van der Waals surface area contributed by atoms with Crippen molar-refractivity contribution >= 4 is 27.7 Å². The first-order chi connectivity index (χ1) is 14.6. The number of aromatic nitrogens is 4. The molecule has 3 aromatic rings. The van der Waals surface area contributed by atoms with Gasteiger partial charge in [-0.25, -0.2) is 0 Å². The zero-order valence-electron chi connectivity index (χ0n) is 17.4. The molecule has 1 saturated heterocycles. The third-order valence-electron chi connectivity index (χ3n) is 6.57. The maximum absolute atomic E-state index is 4.41. The molecule has 2 aromatic heterocycles. The number of thioether (sulfide) groups is 1. The second-order valence-corrected chi connectivity index (χ2v) is 10.5. The van der Waals surface area contributed by atoms with Gasteiger partial charge in [0, 0.05) is 53.2 Å². The fourth-order valence-corrected chi connectivity index (χ4v) is 5.93. The Kier molecular flexibility index (Phi) is 5.45. The SMILES string of the molecule is Cc1ncccc1-c1nnc(SCCCN2C[C@@H]3C[C@@]3(c3ccc(Br)cc3)C2)n1C. The summed E-state index contributed by atoms with van der Waals surface area (Å²) < 4.78 is 3.25. The second-order valence-electron chi connectivity index (χ2n) is 8.50. The van der Waals surface area contributed by atoms with Crippen molar-refractivity contribution in [3.63, 3.8) is 0 Å². The minimum Gasteiger partial charge on any atom is -0.305 e. The molecule has 2 atom stereocenters. The Morgan fingerprint density at radius 3 is 2.83 bits per heavy atom. The number of hydrogen-bond acceptors (Lipinski definition) is 5. The molecule has 0 unspecified atom stereocenters. The Balaban J connectivity index is 1.13. The average molecular weight is 484 g/mol. The van der Waals surface area contributed by atoms with E-state index < -0.39 is 0 Å². The van der Waals surface area contributed by atoms with Crippen molar-refractivity contribution in [2.45, 2.75) is 30.3 Å². The molecule has 0 amide bonds. The van der Waals surface area contributed by atoms with Gasteiger partial charge in [-0.1, -0.05) is 39.8 Å². The van der Waals surface area contributed by atoms with Crippen molar-refractivity contribution < 1.29 is 0 Å². The number of hydrogen-bond donors (Lipinski definition) is 0. The van der Waals surface area contributed by atoms with Crippen LogP contribution in [0.5, 0.6) is 0 Å². The summed E-state index contributed by atoms with van der Waals surface area (Å²) in [6.07, 6.45) is 4.34. The van der Waals surface area contributed by atoms with Gasteiger partial charge < -0.3 is 9.47 Å². The number of fused-ring (bicyclic) bond motifs is 1. The van der Waals surface area contributed by atoms with Crippen LogP contribution in [0, 0.1) is 12.8 Å². The number of halogens is 1. The minimum absolute atomic E-state index is 0.425. The van der Waals surface area contributed by atoms with E-state index in [2.05, 4.69) is 70.9 Å². The Bertz CT molecular complexity index is 1050. The molecular formula is C23H26BrN5S. The van der Waals surface area contributed by atoms with E-state index in [9.17, 15) is 0 Å². The molecule has 5 nitrogen and oxygen atoms in total. The molecule has 0 spiro atoms. The highest BCUT2D eigenvalue weighted by Crippen LogP contribution is 2.59. The van der Waals surface area contributed by atoms with Crippen LogP contribution in [0.15, 0.2) is 52.2 Å². The van der Waals surface area contributed by atoms with E-state index in [1.165, 1.54) is 31.5 Å². The molecule has 5 rings (SSSR count). The van der Waals surface area contributed by atoms with Crippen LogP contribution >= 0.6 is 27.7 Å². The number of piperidine rings is 1. The van der Waals surface area contributed by atoms with Gasteiger partial charge in [-0.2, -0.15) is 0 Å². The third kappa shape index (κ3) is 3.72. The summed E-state index contributed by atoms with van der Waals surface area (Å²) >= 11 is 5.35. The van der Waals surface area contributed by atoms with Crippen LogP contribution in [0.3, 0.4) is 0 Å². The highest BCUT2D eigenvalue weighted by Gasteiger charge is 2.60. The predicted molar refractivity (Wildman–Crippen MR) is 125 cm³/mol. The standard InChI is InChI=1S/C23H26BrN5S/c1-16-20(5-3-10-25-16)21-26-27-22(28(21)2)30-12-4-11-29-14-18-13-23(18,15-29)17-6-8-19(24)9-7-17/h3,5-10,18H,4,11-15H2,1-2H3/t18-,23-/m0/s1. The van der Waals surface area contributed by atoms with Crippen LogP contribution in [-0.2, 0) is 12.5 Å². The molecule has 30 heavy (non-hydrogen) atoms. The van der Waals surface area contributed by atoms with Gasteiger partial charge in [0.15, 0.2) is 11.0 Å². The van der Waals surface area contributed by atoms with Crippen molar-refractivity contribution in [3.8, 4) is 11.4 Å². The minimum atomic E-state index is 0.425. The summed E-state index contributed by atoms with van der Waals surface area (Å²) in [5, 5.41) is 9.79. The monoisotopic (exact) mass is 483 g/mol. The number of benzene rings is 1. The van der Waals surface area contributed by atoms with E-state index >= 15 is 0 Å². The molecule has 2 aliphatic rings. The quantitative estimate of drug-likeness (QED) is 0.359. The molecule has 0 bridgehead atoms. The fraction of sp³-hybridized carbons (Fsp3) is 0.435. The van der Waals surface area contributed by atoms with Gasteiger partial charge in [0.2, 0.25) is 0 Å². The van der Waals surface area contributed by atoms with E-state index in [4.69, 9.17) is 0 Å². The van der Waals surface area contributed by atoms with Crippen molar-refractivity contribution in [1.82, 2.24) is 24.6 Å². The van der Waals surface area contributed by atoms with Crippen molar-refractivity contribution in [1.29, 1.82) is 0 Å². The molecular weight excluding hydrogens is 458 g/mol. The summed E-state index contributed by atoms with van der Waals surface area (Å²) in [4.78, 5) is 7.02. The first-order valence-corrected chi connectivity index (χ1v) is 12.3. The van der Waals surface area contributed by atoms with Crippen molar-refractivity contribution in [2.24, 2.45) is 13.0 Å². The highest BCUT2D eigenvalue weighted by atomic mass is 79.9. The first-order valence-electron chi connectivity index (χ1n) is 10.5. The van der Waals surface area contributed by atoms with Gasteiger partial charge in [0.1, 0.15) is 0 Å². The summed E-state index contributed by atoms with van der Waals surface area (Å²) in [6, 6.07) is 13.0. The van der Waals surface area contributed by atoms with Gasteiger partial charge in [-0.15, -0.1) is 10.2 Å². The molecule has 1 saturated carbocycles. The Hall–Kier alpha value is -1.70. The number of aryl methyl sites for hydroxylation is 1. The summed E-state index contributed by atoms with van der Waals surface area (Å²) in [5.41, 5.74) is 3.98. The molecule has 3 heterocycles. The Morgan fingerprint density at radius 2 is 2.03 bits per heavy atom. The zero-order chi connectivity index (χ0) is 20.7. The largest absolute Gasteiger partial charge is 0.305 e. The molecule has 7 heteroatoms. The molecule has 156 valence electrons. The van der Waals surface area contributed by atoms with Crippen LogP contribution in [0.1, 0.15) is 24.1 Å². The molecule has 0 radical (unpaired) electrons. The number of rotatable bonds is 7. The predicted octanol–water partition coefficient (Wildman–Crippen LogP) is 4.70. The van der Waals surface area contributed by atoms with Gasteiger partial charge in [0.25, 0.3) is 0 Å². The second kappa shape index (κ2) is 8.09. The zero-order valence-corrected chi connectivity index (χ0v) is 19.8. The van der Waals surface area contributed by atoms with E-state index in [0.717, 1.165) is 44.9 Å². The van der Waals surface area contributed by atoms with Gasteiger partial charge in [0.05, 0.1) is 0 Å². The molecule has 2 fully saturated rings. The number of nitrogens with zero attached hydrogens (tertiary/aromatic N) is 5. The van der Waals surface area contributed by atoms with E-state index in [-0.39, 0.29) is 0 Å². The fourth-order valence-electron chi connectivity index (χ4n) is 4.83. The normalized spacial score (nSPS) is 23.0. The smallest absolute Gasteiger partial charge is 0.191 e. The maximum Gasteiger partial charge on any atom is 0.191 e. The van der Waals surface area contributed by atoms with Crippen LogP contribution in [0.4, 0.5) is 0 Å². The van der Waals surface area contributed by atoms with Crippen molar-refractivity contribution in [2.75, 3.05) is 25.4 Å². The number of pyridine rings is 1. The van der Waals surface area contributed by atoms with Crippen molar-refractivity contribution in [3.05, 3.63) is 58.3 Å². The van der Waals surface area contributed by atoms with Gasteiger partial charge >= 0.3 is 0 Å².